The molecule has 0 amide bonds. The quantitative estimate of drug-likeness (QED) is 0.753. The Bertz CT molecular complexity index is 540. The van der Waals surface area contributed by atoms with Crippen molar-refractivity contribution in [2.45, 2.75) is 32.2 Å². The molecule has 106 valence electrons. The average Bonchev–Trinajstić information content (AvgIpc) is 2.48. The number of anilines is 1. The van der Waals surface area contributed by atoms with E-state index in [4.69, 9.17) is 0 Å². The van der Waals surface area contributed by atoms with Gasteiger partial charge >= 0.3 is 0 Å². The minimum atomic E-state index is -0.434. The van der Waals surface area contributed by atoms with Gasteiger partial charge in [0.15, 0.2) is 0 Å². The molecule has 0 spiro atoms. The Morgan fingerprint density at radius 1 is 1.05 bits per heavy atom. The van der Waals surface area contributed by atoms with Gasteiger partial charge in [0.2, 0.25) is 0 Å². The number of unbranched alkanes of at least 4 members (excludes halogenated alkanes) is 1. The van der Waals surface area contributed by atoms with Crippen molar-refractivity contribution >= 4 is 5.69 Å². The summed E-state index contributed by atoms with van der Waals surface area (Å²) in [7, 11) is 0. The zero-order valence-electron chi connectivity index (χ0n) is 11.6. The van der Waals surface area contributed by atoms with Gasteiger partial charge in [-0.3, -0.25) is 0 Å². The first kappa shape index (κ1) is 14.5. The fourth-order valence-corrected chi connectivity index (χ4v) is 2.21. The van der Waals surface area contributed by atoms with Gasteiger partial charge in [-0.1, -0.05) is 50.1 Å². The van der Waals surface area contributed by atoms with Crippen LogP contribution in [-0.2, 0) is 0 Å². The molecule has 1 N–H and O–H groups in total. The Hall–Kier alpha value is -1.90. The minimum Gasteiger partial charge on any atom is -0.376 e. The van der Waals surface area contributed by atoms with Crippen molar-refractivity contribution in [3.63, 3.8) is 0 Å². The van der Waals surface area contributed by atoms with Crippen LogP contribution in [0.15, 0.2) is 48.5 Å². The molecule has 0 radical (unpaired) electrons. The van der Waals surface area contributed by atoms with Gasteiger partial charge in [0.1, 0.15) is 11.6 Å². The first-order valence-electron chi connectivity index (χ1n) is 6.97. The molecule has 0 aliphatic carbocycles. The van der Waals surface area contributed by atoms with Crippen LogP contribution in [-0.4, -0.2) is 0 Å². The molecule has 0 bridgehead atoms. The third kappa shape index (κ3) is 3.80. The number of nitrogens with one attached hydrogen (secondary N) is 1. The van der Waals surface area contributed by atoms with E-state index in [1.54, 1.807) is 0 Å². The monoisotopic (exact) mass is 275 g/mol. The van der Waals surface area contributed by atoms with E-state index < -0.39 is 11.6 Å². The maximum Gasteiger partial charge on any atom is 0.146 e. The summed E-state index contributed by atoms with van der Waals surface area (Å²) in [4.78, 5) is 0. The fraction of sp³-hybridized carbons (Fsp3) is 0.294. The molecular weight excluding hydrogens is 256 g/mol. The van der Waals surface area contributed by atoms with Gasteiger partial charge in [-0.2, -0.15) is 0 Å². The summed E-state index contributed by atoms with van der Waals surface area (Å²) in [5.74, 6) is -0.861. The van der Waals surface area contributed by atoms with Crippen molar-refractivity contribution in [2.75, 3.05) is 5.32 Å². The molecule has 2 rings (SSSR count). The first-order chi connectivity index (χ1) is 9.70. The van der Waals surface area contributed by atoms with Crippen LogP contribution in [0.3, 0.4) is 0 Å². The number of hydrogen-bond acceptors (Lipinski definition) is 1. The van der Waals surface area contributed by atoms with Gasteiger partial charge < -0.3 is 5.32 Å². The van der Waals surface area contributed by atoms with Gasteiger partial charge in [-0.05, 0) is 30.2 Å². The molecule has 0 aliphatic rings. The second kappa shape index (κ2) is 7.04. The second-order valence-electron chi connectivity index (χ2n) is 4.87. The molecule has 2 aromatic carbocycles. The standard InChI is InChI=1S/C17H19F2N/c1-2-3-9-16(13-7-5-4-6-8-13)20-17-12-14(18)10-11-15(17)19/h4-8,10-12,16,20H,2-3,9H2,1H3. The van der Waals surface area contributed by atoms with Crippen LogP contribution < -0.4 is 5.32 Å². The van der Waals surface area contributed by atoms with Gasteiger partial charge in [0, 0.05) is 0 Å². The van der Waals surface area contributed by atoms with Crippen molar-refractivity contribution < 1.29 is 8.78 Å². The van der Waals surface area contributed by atoms with Gasteiger partial charge in [-0.15, -0.1) is 0 Å². The molecule has 20 heavy (non-hydrogen) atoms. The smallest absolute Gasteiger partial charge is 0.146 e. The number of hydrogen-bond donors (Lipinski definition) is 1. The van der Waals surface area contributed by atoms with E-state index in [0.29, 0.717) is 0 Å². The maximum atomic E-state index is 13.7. The molecule has 1 nitrogen and oxygen atoms in total. The van der Waals surface area contributed by atoms with Crippen molar-refractivity contribution in [3.05, 3.63) is 65.7 Å². The molecule has 0 aliphatic heterocycles. The summed E-state index contributed by atoms with van der Waals surface area (Å²) < 4.78 is 27.0. The highest BCUT2D eigenvalue weighted by atomic mass is 19.1. The summed E-state index contributed by atoms with van der Waals surface area (Å²) in [5.41, 5.74) is 1.31. The lowest BCUT2D eigenvalue weighted by Gasteiger charge is -2.20. The Labute approximate surface area is 118 Å². The van der Waals surface area contributed by atoms with Crippen LogP contribution in [0.2, 0.25) is 0 Å². The average molecular weight is 275 g/mol. The third-order valence-electron chi connectivity index (χ3n) is 3.31. The topological polar surface area (TPSA) is 12.0 Å². The predicted octanol–water partition coefficient (Wildman–Crippen LogP) is 5.31. The fourth-order valence-electron chi connectivity index (χ4n) is 2.21. The normalized spacial score (nSPS) is 12.2. The summed E-state index contributed by atoms with van der Waals surface area (Å²) in [6.07, 6.45) is 2.98. The van der Waals surface area contributed by atoms with Crippen LogP contribution in [0.4, 0.5) is 14.5 Å². The number of rotatable bonds is 6. The molecule has 3 heteroatoms. The second-order valence-corrected chi connectivity index (χ2v) is 4.87. The highest BCUT2D eigenvalue weighted by molar-refractivity contribution is 5.47. The molecule has 0 saturated heterocycles. The lowest BCUT2D eigenvalue weighted by atomic mass is 10.0. The van der Waals surface area contributed by atoms with E-state index in [1.807, 2.05) is 30.3 Å². The summed E-state index contributed by atoms with van der Waals surface area (Å²) in [6.45, 7) is 2.12. The van der Waals surface area contributed by atoms with Crippen molar-refractivity contribution in [1.29, 1.82) is 0 Å². The molecule has 0 saturated carbocycles. The molecule has 1 unspecified atom stereocenters. The third-order valence-corrected chi connectivity index (χ3v) is 3.31. The minimum absolute atomic E-state index is 0.00699. The SMILES string of the molecule is CCCCC(Nc1cc(F)ccc1F)c1ccccc1. The predicted molar refractivity (Wildman–Crippen MR) is 78.7 cm³/mol. The van der Waals surface area contributed by atoms with E-state index in [1.165, 1.54) is 6.07 Å². The largest absolute Gasteiger partial charge is 0.376 e. The zero-order valence-corrected chi connectivity index (χ0v) is 11.6. The van der Waals surface area contributed by atoms with Crippen molar-refractivity contribution in [1.82, 2.24) is 0 Å². The first-order valence-corrected chi connectivity index (χ1v) is 6.97. The maximum absolute atomic E-state index is 13.7. The molecule has 1 atom stereocenters. The molecule has 0 fully saturated rings. The lowest BCUT2D eigenvalue weighted by molar-refractivity contribution is 0.590. The van der Waals surface area contributed by atoms with E-state index in [-0.39, 0.29) is 11.7 Å². The Morgan fingerprint density at radius 3 is 2.50 bits per heavy atom. The molecule has 2 aromatic rings. The van der Waals surface area contributed by atoms with E-state index in [9.17, 15) is 8.78 Å². The van der Waals surface area contributed by atoms with Crippen molar-refractivity contribution in [3.8, 4) is 0 Å². The molecule has 0 heterocycles. The van der Waals surface area contributed by atoms with Crippen molar-refractivity contribution in [2.24, 2.45) is 0 Å². The summed E-state index contributed by atoms with van der Waals surface area (Å²) in [6, 6.07) is 13.3. The Balaban J connectivity index is 2.21. The van der Waals surface area contributed by atoms with E-state index in [0.717, 1.165) is 37.0 Å². The Kier molecular flexibility index (Phi) is 5.10. The van der Waals surface area contributed by atoms with Gasteiger partial charge in [0.25, 0.3) is 0 Å². The highest BCUT2D eigenvalue weighted by Crippen LogP contribution is 2.26. The highest BCUT2D eigenvalue weighted by Gasteiger charge is 2.13. The Morgan fingerprint density at radius 2 is 1.80 bits per heavy atom. The van der Waals surface area contributed by atoms with Crippen LogP contribution in [0.5, 0.6) is 0 Å². The zero-order chi connectivity index (χ0) is 14.4. The van der Waals surface area contributed by atoms with Crippen LogP contribution in [0, 0.1) is 11.6 Å². The van der Waals surface area contributed by atoms with Crippen LogP contribution in [0.25, 0.3) is 0 Å². The van der Waals surface area contributed by atoms with E-state index in [2.05, 4.69) is 12.2 Å². The van der Waals surface area contributed by atoms with E-state index >= 15 is 0 Å². The summed E-state index contributed by atoms with van der Waals surface area (Å²) >= 11 is 0. The number of halogens is 2. The van der Waals surface area contributed by atoms with Gasteiger partial charge in [-0.25, -0.2) is 8.78 Å². The van der Waals surface area contributed by atoms with Crippen LogP contribution in [0.1, 0.15) is 37.8 Å². The van der Waals surface area contributed by atoms with Gasteiger partial charge in [0.05, 0.1) is 11.7 Å². The molecular formula is C17H19F2N. The van der Waals surface area contributed by atoms with Crippen LogP contribution >= 0.6 is 0 Å². The number of benzene rings is 2. The lowest BCUT2D eigenvalue weighted by Crippen LogP contribution is -2.12. The summed E-state index contributed by atoms with van der Waals surface area (Å²) in [5, 5.41) is 3.12. The molecule has 0 aromatic heterocycles.